The average molecular weight is 689 g/mol. The summed E-state index contributed by atoms with van der Waals surface area (Å²) >= 11 is 0. The van der Waals surface area contributed by atoms with E-state index in [1.807, 2.05) is 0 Å². The van der Waals surface area contributed by atoms with Crippen LogP contribution in [-0.2, 0) is 40.2 Å². The first-order chi connectivity index (χ1) is 20.2. The van der Waals surface area contributed by atoms with Gasteiger partial charge in [0.25, 0.3) is 26.1 Å². The van der Waals surface area contributed by atoms with Crippen LogP contribution in [0.5, 0.6) is 0 Å². The quantitative estimate of drug-likeness (QED) is 0.0733. The minimum Gasteiger partial charge on any atom is -0.453 e. The number of carbonyl (C=O) groups excluding carboxylic acids is 1. The Morgan fingerprint density at radius 2 is 1.50 bits per heavy atom. The van der Waals surface area contributed by atoms with Crippen molar-refractivity contribution >= 4 is 62.8 Å². The number of nitrogens with two attached hydrogens (primary N) is 2. The first kappa shape index (κ1) is 32.7. The second-order valence-corrected chi connectivity index (χ2v) is 15.3. The second kappa shape index (κ2) is 11.1. The molecule has 0 saturated carbocycles. The molecule has 0 fully saturated rings. The van der Waals surface area contributed by atoms with Crippen molar-refractivity contribution in [2.45, 2.75) is 14.7 Å². The maximum atomic E-state index is 12.7. The Morgan fingerprint density at radius 1 is 0.886 bits per heavy atom. The molecule has 2 aliphatic rings. The maximum Gasteiger partial charge on any atom is 0.304 e. The largest absolute Gasteiger partial charge is 0.453 e. The molecule has 0 unspecified atom stereocenters. The molecular weight excluding hydrogens is 667 g/mol. The van der Waals surface area contributed by atoms with E-state index < -0.39 is 94.5 Å². The summed E-state index contributed by atoms with van der Waals surface area (Å²) in [5, 5.41) is 7.89. The van der Waals surface area contributed by atoms with Crippen LogP contribution in [0.2, 0.25) is 0 Å². The SMILES string of the molecule is C=CS(=O)(=O)CCNC(=O)c1ccc(-c2c3ccc(=[NH2+])c(S(=O)(=O)O)c-3oc3c(S(=O)(=O)O)c(N)ccc23)c(S(=O)(=O)O)c1. The van der Waals surface area contributed by atoms with Gasteiger partial charge in [-0.25, -0.2) is 8.42 Å². The minimum absolute atomic E-state index is 0.276. The zero-order chi connectivity index (χ0) is 33.0. The van der Waals surface area contributed by atoms with E-state index >= 15 is 0 Å². The average Bonchev–Trinajstić information content (AvgIpc) is 2.89. The molecule has 16 nitrogen and oxygen atoms in total. The van der Waals surface area contributed by atoms with Gasteiger partial charge in [-0.05, 0) is 30.3 Å². The van der Waals surface area contributed by atoms with Crippen molar-refractivity contribution in [1.82, 2.24) is 5.32 Å². The number of carbonyl (C=O) groups is 1. The fourth-order valence-electron chi connectivity index (χ4n) is 4.40. The third-order valence-electron chi connectivity index (χ3n) is 6.26. The van der Waals surface area contributed by atoms with Crippen molar-refractivity contribution in [2.24, 2.45) is 0 Å². The normalized spacial score (nSPS) is 12.8. The van der Waals surface area contributed by atoms with Gasteiger partial charge in [0.15, 0.2) is 26.1 Å². The highest BCUT2D eigenvalue weighted by Gasteiger charge is 2.33. The molecule has 0 atom stereocenters. The van der Waals surface area contributed by atoms with E-state index in [2.05, 4.69) is 11.9 Å². The van der Waals surface area contributed by atoms with Gasteiger partial charge in [0.1, 0.15) is 4.90 Å². The second-order valence-electron chi connectivity index (χ2n) is 9.12. The lowest BCUT2D eigenvalue weighted by atomic mass is 9.92. The van der Waals surface area contributed by atoms with Crippen molar-refractivity contribution in [2.75, 3.05) is 18.0 Å². The summed E-state index contributed by atoms with van der Waals surface area (Å²) in [6, 6.07) is 7.15. The Kier molecular flexibility index (Phi) is 8.23. The van der Waals surface area contributed by atoms with Crippen LogP contribution < -0.4 is 21.8 Å². The van der Waals surface area contributed by atoms with E-state index in [0.717, 1.165) is 42.5 Å². The summed E-state index contributed by atoms with van der Waals surface area (Å²) in [5.74, 6) is -2.24. The van der Waals surface area contributed by atoms with Gasteiger partial charge in [0, 0.05) is 45.7 Å². The monoisotopic (exact) mass is 688 g/mol. The van der Waals surface area contributed by atoms with Gasteiger partial charge >= 0.3 is 10.1 Å². The molecule has 8 N–H and O–H groups in total. The zero-order valence-electron chi connectivity index (χ0n) is 22.0. The van der Waals surface area contributed by atoms with E-state index in [1.54, 1.807) is 0 Å². The molecule has 1 amide bonds. The third kappa shape index (κ3) is 6.22. The van der Waals surface area contributed by atoms with E-state index in [1.165, 1.54) is 0 Å². The number of rotatable bonds is 9. The standard InChI is InChI=1S/C24H21N3O13S4/c1-2-41(29,30)10-9-27-24(28)12-3-4-13(18(11-12)42(31,32)33)19-14-5-7-16(25)22(43(34,35)36)20(14)40-21-15(19)6-8-17(26)23(21)44(37,38)39/h2-8,11,25H,1,9-10,26H2,(H,27,28)(H,31,32,33)(H,34,35,36)(H,37,38,39)/p+1. The van der Waals surface area contributed by atoms with Crippen molar-refractivity contribution in [3.05, 3.63) is 65.4 Å². The molecule has 0 bridgehead atoms. The van der Waals surface area contributed by atoms with Crippen molar-refractivity contribution < 1.29 is 62.0 Å². The third-order valence-corrected chi connectivity index (χ3v) is 10.3. The molecule has 20 heteroatoms. The summed E-state index contributed by atoms with van der Waals surface area (Å²) in [6.45, 7) is 2.76. The van der Waals surface area contributed by atoms with Crippen molar-refractivity contribution in [1.29, 1.82) is 0 Å². The predicted molar refractivity (Wildman–Crippen MR) is 154 cm³/mol. The number of benzene rings is 3. The van der Waals surface area contributed by atoms with Crippen molar-refractivity contribution in [3.8, 4) is 22.5 Å². The van der Waals surface area contributed by atoms with Gasteiger partial charge in [0.2, 0.25) is 10.3 Å². The zero-order valence-corrected chi connectivity index (χ0v) is 25.2. The fourth-order valence-corrected chi connectivity index (χ4v) is 7.18. The van der Waals surface area contributed by atoms with E-state index in [9.17, 15) is 52.1 Å². The Balaban J connectivity index is 2.13. The molecule has 1 heterocycles. The maximum absolute atomic E-state index is 12.7. The number of amides is 1. The Morgan fingerprint density at radius 3 is 2.07 bits per heavy atom. The molecule has 2 aromatic carbocycles. The van der Waals surface area contributed by atoms with Crippen LogP contribution in [0.4, 0.5) is 5.69 Å². The Bertz CT molecular complexity index is 2360. The number of nitrogens with one attached hydrogen (secondary N) is 1. The van der Waals surface area contributed by atoms with Crippen LogP contribution in [0.1, 0.15) is 10.4 Å². The molecular formula is C24H22N3O13S4+. The molecule has 1 aliphatic heterocycles. The minimum atomic E-state index is -5.22. The van der Waals surface area contributed by atoms with Gasteiger partial charge in [-0.1, -0.05) is 12.6 Å². The van der Waals surface area contributed by atoms with Crippen LogP contribution >= 0.6 is 0 Å². The predicted octanol–water partition coefficient (Wildman–Crippen LogP) is -0.525. The number of nitrogen functional groups attached to an aromatic ring is 1. The number of hydrogen-bond donors (Lipinski definition) is 6. The Labute approximate surface area is 249 Å². The van der Waals surface area contributed by atoms with Gasteiger partial charge in [0.05, 0.1) is 11.4 Å². The number of hydrogen-bond acceptors (Lipinski definition) is 11. The van der Waals surface area contributed by atoms with E-state index in [4.69, 9.17) is 15.6 Å². The lowest BCUT2D eigenvalue weighted by Crippen LogP contribution is -2.47. The van der Waals surface area contributed by atoms with Crippen LogP contribution in [0.15, 0.2) is 73.6 Å². The molecule has 0 aromatic heterocycles. The number of sulfone groups is 1. The first-order valence-corrected chi connectivity index (χ1v) is 17.8. The highest BCUT2D eigenvalue weighted by molar-refractivity contribution is 7.94. The summed E-state index contributed by atoms with van der Waals surface area (Å²) < 4.78 is 133. The van der Waals surface area contributed by atoms with E-state index in [0.29, 0.717) is 5.41 Å². The van der Waals surface area contributed by atoms with Gasteiger partial charge < -0.3 is 15.5 Å². The highest BCUT2D eigenvalue weighted by Crippen LogP contribution is 2.46. The summed E-state index contributed by atoms with van der Waals surface area (Å²) in [6.07, 6.45) is 0. The molecule has 2 aromatic rings. The van der Waals surface area contributed by atoms with Crippen LogP contribution in [0, 0.1) is 0 Å². The molecule has 234 valence electrons. The summed E-state index contributed by atoms with van der Waals surface area (Å²) in [7, 11) is -19.3. The molecule has 44 heavy (non-hydrogen) atoms. The van der Waals surface area contributed by atoms with Crippen LogP contribution in [-0.4, -0.2) is 65.5 Å². The highest BCUT2D eigenvalue weighted by atomic mass is 32.2. The molecule has 0 spiro atoms. The van der Waals surface area contributed by atoms with Gasteiger partial charge in [-0.15, -0.1) is 0 Å². The topological polar surface area (TPSA) is 291 Å². The smallest absolute Gasteiger partial charge is 0.304 e. The van der Waals surface area contributed by atoms with Gasteiger partial charge in [-0.3, -0.25) is 23.9 Å². The van der Waals surface area contributed by atoms with Crippen LogP contribution in [0.3, 0.4) is 0 Å². The summed E-state index contributed by atoms with van der Waals surface area (Å²) in [4.78, 5) is 9.70. The molecule has 0 saturated heterocycles. The lowest BCUT2D eigenvalue weighted by Gasteiger charge is -2.19. The fraction of sp³-hybridized carbons (Fsp3) is 0.0833. The van der Waals surface area contributed by atoms with Crippen LogP contribution in [0.25, 0.3) is 33.4 Å². The Hall–Kier alpha value is -4.18. The first-order valence-electron chi connectivity index (χ1n) is 11.8. The number of fused-ring (bicyclic) bond motifs is 2. The molecule has 1 aliphatic carbocycles. The molecule has 4 rings (SSSR count). The molecule has 0 radical (unpaired) electrons. The van der Waals surface area contributed by atoms with Gasteiger partial charge in [-0.2, -0.15) is 25.3 Å². The lowest BCUT2D eigenvalue weighted by molar-refractivity contribution is -0.176. The van der Waals surface area contributed by atoms with Crippen molar-refractivity contribution in [3.63, 3.8) is 0 Å². The van der Waals surface area contributed by atoms with E-state index in [-0.39, 0.29) is 28.6 Å². The number of anilines is 1. The summed E-state index contributed by atoms with van der Waals surface area (Å²) in [5.41, 5.74) is 3.05.